The van der Waals surface area contributed by atoms with Gasteiger partial charge in [0.25, 0.3) is 35.4 Å². The van der Waals surface area contributed by atoms with Gasteiger partial charge in [0.05, 0.1) is 11.1 Å². The van der Waals surface area contributed by atoms with Crippen molar-refractivity contribution in [2.24, 2.45) is 0 Å². The van der Waals surface area contributed by atoms with Gasteiger partial charge in [0.2, 0.25) is 0 Å². The van der Waals surface area contributed by atoms with Crippen molar-refractivity contribution in [1.29, 1.82) is 0 Å². The second-order valence-corrected chi connectivity index (χ2v) is 25.5. The summed E-state index contributed by atoms with van der Waals surface area (Å²) in [6, 6.07) is 12.0. The van der Waals surface area contributed by atoms with Crippen LogP contribution in [0.15, 0.2) is 48.5 Å². The summed E-state index contributed by atoms with van der Waals surface area (Å²) in [6.45, 7) is 10.5. The molecule has 0 aliphatic carbocycles. The van der Waals surface area contributed by atoms with Crippen molar-refractivity contribution in [1.82, 2.24) is 20.4 Å². The van der Waals surface area contributed by atoms with Crippen LogP contribution in [0.1, 0.15) is 367 Å². The van der Waals surface area contributed by atoms with E-state index < -0.39 is 23.8 Å². The molecular formula is C76H112N4O10. The number of fused-ring (bicyclic) bond motifs is 1. The lowest BCUT2D eigenvalue weighted by molar-refractivity contribution is 0.0586. The number of carbonyl (C=O) groups is 8. The van der Waals surface area contributed by atoms with Gasteiger partial charge in [-0.2, -0.15) is 0 Å². The van der Waals surface area contributed by atoms with E-state index >= 15 is 0 Å². The quantitative estimate of drug-likeness (QED) is 0.0243. The van der Waals surface area contributed by atoms with Crippen molar-refractivity contribution in [3.63, 3.8) is 0 Å². The maximum absolute atomic E-state index is 13.5. The van der Waals surface area contributed by atoms with Gasteiger partial charge >= 0.3 is 11.9 Å². The summed E-state index contributed by atoms with van der Waals surface area (Å²) in [5.41, 5.74) is 1.32. The first-order chi connectivity index (χ1) is 43.8. The Morgan fingerprint density at radius 1 is 0.289 bits per heavy atom. The summed E-state index contributed by atoms with van der Waals surface area (Å²) in [5.74, 6) is -4.86. The van der Waals surface area contributed by atoms with Crippen molar-refractivity contribution < 1.29 is 48.6 Å². The van der Waals surface area contributed by atoms with Crippen LogP contribution in [-0.2, 0) is 0 Å². The molecule has 0 saturated carbocycles. The lowest BCUT2D eigenvalue weighted by Crippen LogP contribution is -2.43. The fourth-order valence-corrected chi connectivity index (χ4v) is 12.9. The molecule has 0 unspecified atom stereocenters. The number of hydrogen-bond acceptors (Lipinski definition) is 8. The van der Waals surface area contributed by atoms with Crippen LogP contribution in [0.25, 0.3) is 21.5 Å². The van der Waals surface area contributed by atoms with Gasteiger partial charge in [0, 0.05) is 81.1 Å². The molecular weight excluding hydrogens is 1130 g/mol. The van der Waals surface area contributed by atoms with E-state index in [0.717, 1.165) is 77.0 Å². The van der Waals surface area contributed by atoms with Gasteiger partial charge in [0.1, 0.15) is 0 Å². The third kappa shape index (κ3) is 23.0. The number of benzene rings is 4. The molecule has 0 atom stereocenters. The maximum Gasteiger partial charge on any atom is 0.336 e. The average Bonchev–Trinajstić information content (AvgIpc) is 0.724. The number of nitrogens with zero attached hydrogens (tertiary/aromatic N) is 2. The number of rotatable bonds is 48. The van der Waals surface area contributed by atoms with E-state index in [1.54, 1.807) is 24.3 Å². The number of carbonyl (C=O) groups excluding carboxylic acids is 6. The second kappa shape index (κ2) is 42.6. The normalized spacial score (nSPS) is 12.7. The summed E-state index contributed by atoms with van der Waals surface area (Å²) < 4.78 is 0. The number of carboxylic acids is 2. The summed E-state index contributed by atoms with van der Waals surface area (Å²) >= 11 is 0. The molecule has 0 fully saturated rings. The van der Waals surface area contributed by atoms with Gasteiger partial charge in [-0.1, -0.05) is 259 Å². The van der Waals surface area contributed by atoms with E-state index in [9.17, 15) is 48.6 Å². The standard InChI is InChI=1S/C38H58N2O6.C38H54N2O4/c1-3-5-7-9-11-13-15-17-19-21-27-39-35(41)29-23-25-32(38(45)46)34-30(24-26-31(33(29)34)37(43)44)36(42)40-28-22-20-18-16-14-12-10-8-6-4-2;1-3-5-7-9-11-13-15-17-19-21-27-39-35(41)29-23-25-31-34-32(26-24-30(33(29)34)36(39)42)38(44)40(37(31)43)28-22-20-18-16-14-12-10-8-6-4-2/h23-26H,3-22,27-28H2,1-2H3,(H,39,41)(H,40,42)(H,43,44)(H,45,46);23-26H,3-22,27-28H2,1-2H3. The Labute approximate surface area is 539 Å². The molecule has 14 heteroatoms. The maximum atomic E-state index is 13.5. The van der Waals surface area contributed by atoms with Crippen LogP contribution in [0.2, 0.25) is 0 Å². The number of amides is 6. The lowest BCUT2D eigenvalue weighted by atomic mass is 9.86. The van der Waals surface area contributed by atoms with Crippen LogP contribution in [0.3, 0.4) is 0 Å². The predicted molar refractivity (Wildman–Crippen MR) is 365 cm³/mol. The molecule has 14 nitrogen and oxygen atoms in total. The van der Waals surface area contributed by atoms with E-state index in [2.05, 4.69) is 38.3 Å². The molecule has 2 aliphatic rings. The molecule has 6 rings (SSSR count). The monoisotopic (exact) mass is 1240 g/mol. The van der Waals surface area contributed by atoms with Crippen molar-refractivity contribution in [2.75, 3.05) is 26.2 Å². The first kappa shape index (κ1) is 74.3. The topological polar surface area (TPSA) is 208 Å². The van der Waals surface area contributed by atoms with E-state index in [0.29, 0.717) is 59.2 Å². The number of unbranched alkanes of at least 4 members (excludes halogenated alkanes) is 36. The predicted octanol–water partition coefficient (Wildman–Crippen LogP) is 19.4. The number of carboxylic acid groups (broad SMARTS) is 2. The molecule has 2 aliphatic heterocycles. The van der Waals surface area contributed by atoms with Gasteiger partial charge in [0.15, 0.2) is 0 Å². The highest BCUT2D eigenvalue weighted by molar-refractivity contribution is 6.33. The fraction of sp³-hybridized carbons (Fsp3) is 0.632. The first-order valence-corrected chi connectivity index (χ1v) is 35.8. The van der Waals surface area contributed by atoms with Gasteiger partial charge in [-0.15, -0.1) is 0 Å². The largest absolute Gasteiger partial charge is 0.478 e. The smallest absolute Gasteiger partial charge is 0.336 e. The van der Waals surface area contributed by atoms with Crippen LogP contribution in [0.4, 0.5) is 0 Å². The zero-order valence-corrected chi connectivity index (χ0v) is 55.8. The molecule has 0 saturated heterocycles. The molecule has 90 heavy (non-hydrogen) atoms. The Balaban J connectivity index is 0.000000327. The Bertz CT molecular complexity index is 2670. The molecule has 4 aromatic rings. The molecule has 2 heterocycles. The van der Waals surface area contributed by atoms with Crippen molar-refractivity contribution in [2.45, 2.75) is 285 Å². The summed E-state index contributed by atoms with van der Waals surface area (Å²) in [7, 11) is 0. The zero-order valence-electron chi connectivity index (χ0n) is 55.8. The molecule has 6 amide bonds. The minimum Gasteiger partial charge on any atom is -0.478 e. The number of nitrogens with one attached hydrogen (secondary N) is 2. The lowest BCUT2D eigenvalue weighted by Gasteiger charge is -2.32. The van der Waals surface area contributed by atoms with Crippen LogP contribution in [-0.4, -0.2) is 93.6 Å². The number of hydrogen-bond donors (Lipinski definition) is 4. The minimum absolute atomic E-state index is 0.0282. The minimum atomic E-state index is -1.30. The summed E-state index contributed by atoms with van der Waals surface area (Å²) in [4.78, 5) is 108. The summed E-state index contributed by atoms with van der Waals surface area (Å²) in [5, 5.41) is 26.6. The Kier molecular flexibility index (Phi) is 35.2. The van der Waals surface area contributed by atoms with Crippen LogP contribution < -0.4 is 10.6 Å². The Morgan fingerprint density at radius 3 is 0.733 bits per heavy atom. The fourth-order valence-electron chi connectivity index (χ4n) is 12.9. The van der Waals surface area contributed by atoms with E-state index in [1.165, 1.54) is 214 Å². The SMILES string of the molecule is CCCCCCCCCCCCN1C(=O)c2ccc3c4c(ccc(c24)C1=O)C(=O)N(CCCCCCCCCCCC)C3=O.CCCCCCCCCCCCNC(=O)c1ccc(C(=O)O)c2c(C(=O)NCCCCCCCCCCCC)ccc(C(=O)O)c12. The van der Waals surface area contributed by atoms with Gasteiger partial charge < -0.3 is 20.8 Å². The molecule has 0 spiro atoms. The van der Waals surface area contributed by atoms with E-state index in [1.807, 2.05) is 0 Å². The van der Waals surface area contributed by atoms with Crippen molar-refractivity contribution in [3.8, 4) is 0 Å². The Morgan fingerprint density at radius 2 is 0.500 bits per heavy atom. The van der Waals surface area contributed by atoms with E-state index in [-0.39, 0.29) is 56.7 Å². The third-order valence-electron chi connectivity index (χ3n) is 18.3. The molecule has 4 aromatic carbocycles. The van der Waals surface area contributed by atoms with Gasteiger partial charge in [-0.05, 0) is 74.2 Å². The highest BCUT2D eigenvalue weighted by atomic mass is 16.4. The Hall–Kier alpha value is -6.44. The second-order valence-electron chi connectivity index (χ2n) is 25.5. The molecule has 4 N–H and O–H groups in total. The molecule has 0 bridgehead atoms. The van der Waals surface area contributed by atoms with Crippen LogP contribution in [0.5, 0.6) is 0 Å². The van der Waals surface area contributed by atoms with Gasteiger partial charge in [-0.3, -0.25) is 38.6 Å². The highest BCUT2D eigenvalue weighted by Crippen LogP contribution is 2.38. The van der Waals surface area contributed by atoms with Crippen LogP contribution in [0, 0.1) is 0 Å². The van der Waals surface area contributed by atoms with Crippen LogP contribution >= 0.6 is 0 Å². The molecule has 0 aromatic heterocycles. The number of aromatic carboxylic acids is 2. The summed E-state index contributed by atoms with van der Waals surface area (Å²) in [6.07, 6.45) is 47.1. The van der Waals surface area contributed by atoms with Gasteiger partial charge in [-0.25, -0.2) is 9.59 Å². The first-order valence-electron chi connectivity index (χ1n) is 35.8. The zero-order chi connectivity index (χ0) is 64.9. The van der Waals surface area contributed by atoms with E-state index in [4.69, 9.17) is 0 Å². The highest BCUT2D eigenvalue weighted by Gasteiger charge is 2.39. The molecule has 496 valence electrons. The average molecular weight is 1240 g/mol. The molecule has 0 radical (unpaired) electrons. The third-order valence-corrected chi connectivity index (χ3v) is 18.3. The number of imide groups is 2. The van der Waals surface area contributed by atoms with Crippen molar-refractivity contribution in [3.05, 3.63) is 93.0 Å². The van der Waals surface area contributed by atoms with Crippen molar-refractivity contribution >= 4 is 68.9 Å².